The zero-order chi connectivity index (χ0) is 11.7. The molecule has 0 spiro atoms. The van der Waals surface area contributed by atoms with E-state index in [1.165, 1.54) is 24.8 Å². The lowest BCUT2D eigenvalue weighted by atomic mass is 9.94. The van der Waals surface area contributed by atoms with Crippen LogP contribution in [0.4, 0.5) is 0 Å². The van der Waals surface area contributed by atoms with Gasteiger partial charge in [0.05, 0.1) is 12.6 Å². The topological polar surface area (TPSA) is 38.5 Å². The summed E-state index contributed by atoms with van der Waals surface area (Å²) in [5.41, 5.74) is 7.42. The van der Waals surface area contributed by atoms with Crippen LogP contribution in [0, 0.1) is 0 Å². The van der Waals surface area contributed by atoms with Crippen LogP contribution >= 0.6 is 0 Å². The normalized spacial score (nSPS) is 34.3. The Morgan fingerprint density at radius 3 is 2.82 bits per heavy atom. The molecule has 3 heteroatoms. The molecule has 0 radical (unpaired) electrons. The molecule has 1 aromatic carbocycles. The van der Waals surface area contributed by atoms with Crippen LogP contribution in [0.3, 0.4) is 0 Å². The number of nitrogens with zero attached hydrogens (tertiary/aromatic N) is 1. The number of nitrogens with two attached hydrogens (primary N) is 1. The molecule has 2 saturated heterocycles. The van der Waals surface area contributed by atoms with Crippen molar-refractivity contribution >= 4 is 0 Å². The molecule has 3 rings (SSSR count). The molecule has 3 nitrogen and oxygen atoms in total. The van der Waals surface area contributed by atoms with Crippen LogP contribution in [0.1, 0.15) is 30.9 Å². The number of fused-ring (bicyclic) bond motifs is 1. The Labute approximate surface area is 103 Å². The van der Waals surface area contributed by atoms with E-state index in [0.717, 1.165) is 13.2 Å². The van der Waals surface area contributed by atoms with E-state index in [0.29, 0.717) is 12.1 Å². The van der Waals surface area contributed by atoms with Crippen LogP contribution < -0.4 is 5.73 Å². The first-order valence-corrected chi connectivity index (χ1v) is 6.54. The number of piperidine rings is 1. The van der Waals surface area contributed by atoms with Gasteiger partial charge in [-0.25, -0.2) is 0 Å². The SMILES string of the molecule is N[C@@H]1OC[C@@H](c2ccccc2)N2CCCC[C@@H]12. The lowest BCUT2D eigenvalue weighted by Crippen LogP contribution is -2.57. The van der Waals surface area contributed by atoms with Gasteiger partial charge >= 0.3 is 0 Å². The van der Waals surface area contributed by atoms with Crippen LogP contribution in [0.5, 0.6) is 0 Å². The number of morpholine rings is 1. The predicted octanol–water partition coefficient (Wildman–Crippen LogP) is 1.90. The highest BCUT2D eigenvalue weighted by atomic mass is 16.5. The lowest BCUT2D eigenvalue weighted by molar-refractivity contribution is -0.115. The van der Waals surface area contributed by atoms with Gasteiger partial charge in [-0.2, -0.15) is 0 Å². The minimum atomic E-state index is -0.102. The molecule has 2 aliphatic rings. The van der Waals surface area contributed by atoms with Crippen LogP contribution in [-0.4, -0.2) is 30.3 Å². The number of hydrogen-bond donors (Lipinski definition) is 1. The van der Waals surface area contributed by atoms with Crippen molar-refractivity contribution in [3.63, 3.8) is 0 Å². The van der Waals surface area contributed by atoms with Crippen molar-refractivity contribution in [1.29, 1.82) is 0 Å². The summed E-state index contributed by atoms with van der Waals surface area (Å²) in [6.45, 7) is 1.88. The maximum absolute atomic E-state index is 6.07. The van der Waals surface area contributed by atoms with Gasteiger partial charge in [-0.3, -0.25) is 4.90 Å². The highest BCUT2D eigenvalue weighted by Gasteiger charge is 2.38. The van der Waals surface area contributed by atoms with E-state index in [2.05, 4.69) is 35.2 Å². The Hall–Kier alpha value is -0.900. The van der Waals surface area contributed by atoms with E-state index >= 15 is 0 Å². The number of rotatable bonds is 1. The van der Waals surface area contributed by atoms with E-state index in [1.807, 2.05) is 0 Å². The first-order chi connectivity index (χ1) is 8.36. The fraction of sp³-hybridized carbons (Fsp3) is 0.571. The van der Waals surface area contributed by atoms with Gasteiger partial charge in [0.25, 0.3) is 0 Å². The molecule has 17 heavy (non-hydrogen) atoms. The fourth-order valence-corrected chi connectivity index (χ4v) is 3.09. The molecule has 0 aromatic heterocycles. The molecule has 0 aliphatic carbocycles. The second-order valence-corrected chi connectivity index (χ2v) is 5.03. The van der Waals surface area contributed by atoms with Crippen LogP contribution in [0.2, 0.25) is 0 Å². The molecule has 92 valence electrons. The van der Waals surface area contributed by atoms with E-state index < -0.39 is 0 Å². The monoisotopic (exact) mass is 232 g/mol. The van der Waals surface area contributed by atoms with Gasteiger partial charge in [-0.05, 0) is 24.9 Å². The number of hydrogen-bond acceptors (Lipinski definition) is 3. The maximum atomic E-state index is 6.07. The van der Waals surface area contributed by atoms with Crippen molar-refractivity contribution in [3.05, 3.63) is 35.9 Å². The highest BCUT2D eigenvalue weighted by Crippen LogP contribution is 2.33. The van der Waals surface area contributed by atoms with Gasteiger partial charge in [0.15, 0.2) is 0 Å². The molecular formula is C14H20N2O. The third kappa shape index (κ3) is 2.10. The van der Waals surface area contributed by atoms with Gasteiger partial charge in [0.2, 0.25) is 0 Å². The Kier molecular flexibility index (Phi) is 3.14. The largest absolute Gasteiger partial charge is 0.360 e. The molecule has 0 amide bonds. The molecule has 2 N–H and O–H groups in total. The zero-order valence-corrected chi connectivity index (χ0v) is 10.1. The van der Waals surface area contributed by atoms with Crippen molar-refractivity contribution in [2.24, 2.45) is 5.73 Å². The molecule has 2 aliphatic heterocycles. The van der Waals surface area contributed by atoms with Crippen molar-refractivity contribution in [2.75, 3.05) is 13.2 Å². The summed E-state index contributed by atoms with van der Waals surface area (Å²) < 4.78 is 5.75. The lowest BCUT2D eigenvalue weighted by Gasteiger charge is -2.47. The predicted molar refractivity (Wildman–Crippen MR) is 67.5 cm³/mol. The minimum Gasteiger partial charge on any atom is -0.360 e. The summed E-state index contributed by atoms with van der Waals surface area (Å²) in [5.74, 6) is 0. The van der Waals surface area contributed by atoms with Gasteiger partial charge in [0, 0.05) is 6.04 Å². The number of benzene rings is 1. The van der Waals surface area contributed by atoms with Crippen LogP contribution in [-0.2, 0) is 4.74 Å². The van der Waals surface area contributed by atoms with Crippen LogP contribution in [0.25, 0.3) is 0 Å². The van der Waals surface area contributed by atoms with Gasteiger partial charge < -0.3 is 10.5 Å². The van der Waals surface area contributed by atoms with Gasteiger partial charge in [0.1, 0.15) is 6.23 Å². The van der Waals surface area contributed by atoms with E-state index in [9.17, 15) is 0 Å². The third-order valence-electron chi connectivity index (χ3n) is 4.00. The second-order valence-electron chi connectivity index (χ2n) is 5.03. The Bertz CT molecular complexity index is 368. The average Bonchev–Trinajstić information content (AvgIpc) is 2.41. The van der Waals surface area contributed by atoms with Crippen molar-refractivity contribution in [2.45, 2.75) is 37.6 Å². The smallest absolute Gasteiger partial charge is 0.121 e. The van der Waals surface area contributed by atoms with E-state index in [4.69, 9.17) is 10.5 Å². The third-order valence-corrected chi connectivity index (χ3v) is 4.00. The maximum Gasteiger partial charge on any atom is 0.121 e. The highest BCUT2D eigenvalue weighted by molar-refractivity contribution is 5.20. The summed E-state index contributed by atoms with van der Waals surface area (Å²) in [4.78, 5) is 2.55. The van der Waals surface area contributed by atoms with E-state index in [1.54, 1.807) is 0 Å². The minimum absolute atomic E-state index is 0.102. The quantitative estimate of drug-likeness (QED) is 0.803. The number of ether oxygens (including phenoxy) is 1. The standard InChI is InChI=1S/C14H20N2O/c15-14-12-8-4-5-9-16(12)13(10-17-14)11-6-2-1-3-7-11/h1-3,6-7,12-14H,4-5,8-10,15H2/t12-,13-,14+/m0/s1. The Morgan fingerprint density at radius 2 is 2.00 bits per heavy atom. The second kappa shape index (κ2) is 4.77. The fourth-order valence-electron chi connectivity index (χ4n) is 3.09. The summed E-state index contributed by atoms with van der Waals surface area (Å²) in [6, 6.07) is 11.4. The summed E-state index contributed by atoms with van der Waals surface area (Å²) in [5, 5.41) is 0. The Morgan fingerprint density at radius 1 is 1.18 bits per heavy atom. The molecule has 0 saturated carbocycles. The molecule has 3 atom stereocenters. The average molecular weight is 232 g/mol. The van der Waals surface area contributed by atoms with Crippen LogP contribution in [0.15, 0.2) is 30.3 Å². The van der Waals surface area contributed by atoms with E-state index in [-0.39, 0.29) is 6.23 Å². The molecule has 2 fully saturated rings. The summed E-state index contributed by atoms with van der Waals surface area (Å²) in [7, 11) is 0. The summed E-state index contributed by atoms with van der Waals surface area (Å²) in [6.07, 6.45) is 3.63. The molecule has 0 bridgehead atoms. The van der Waals surface area contributed by atoms with Crippen molar-refractivity contribution in [1.82, 2.24) is 4.90 Å². The first-order valence-electron chi connectivity index (χ1n) is 6.54. The molecular weight excluding hydrogens is 212 g/mol. The van der Waals surface area contributed by atoms with Gasteiger partial charge in [-0.1, -0.05) is 36.8 Å². The van der Waals surface area contributed by atoms with Gasteiger partial charge in [-0.15, -0.1) is 0 Å². The molecule has 0 unspecified atom stereocenters. The molecule has 1 aromatic rings. The van der Waals surface area contributed by atoms with Crippen molar-refractivity contribution < 1.29 is 4.74 Å². The van der Waals surface area contributed by atoms with Crippen molar-refractivity contribution in [3.8, 4) is 0 Å². The molecule has 2 heterocycles. The first kappa shape index (κ1) is 11.2. The summed E-state index contributed by atoms with van der Waals surface area (Å²) >= 11 is 0. The Balaban J connectivity index is 1.85. The zero-order valence-electron chi connectivity index (χ0n) is 10.1.